The van der Waals surface area contributed by atoms with Gasteiger partial charge >= 0.3 is 0 Å². The molecule has 164 valence electrons. The molecule has 0 bridgehead atoms. The number of piperidine rings is 1. The molecule has 2 aliphatic heterocycles. The molecule has 1 saturated heterocycles. The lowest BCUT2D eigenvalue weighted by atomic mass is 9.98. The van der Waals surface area contributed by atoms with Crippen LogP contribution in [0.5, 0.6) is 5.75 Å². The second-order valence-corrected chi connectivity index (χ2v) is 9.90. The average molecular weight is 444 g/mol. The Morgan fingerprint density at radius 2 is 1.94 bits per heavy atom. The van der Waals surface area contributed by atoms with Crippen molar-refractivity contribution < 1.29 is 22.7 Å². The molecule has 0 saturated carbocycles. The number of carbonyl (C=O) groups is 2. The normalized spacial score (nSPS) is 21.5. The average Bonchev–Trinajstić information content (AvgIpc) is 2.76. The molecular weight excluding hydrogens is 418 g/mol. The van der Waals surface area contributed by atoms with Crippen LogP contribution in [0.4, 0.5) is 11.4 Å². The number of benzene rings is 2. The van der Waals surface area contributed by atoms with Crippen molar-refractivity contribution in [1.29, 1.82) is 0 Å². The Labute approximate surface area is 181 Å². The van der Waals surface area contributed by atoms with Crippen LogP contribution in [-0.2, 0) is 19.6 Å². The number of carbonyl (C=O) groups excluding carboxylic acids is 2. The maximum absolute atomic E-state index is 13.2. The summed E-state index contributed by atoms with van der Waals surface area (Å²) in [7, 11) is -3.82. The summed E-state index contributed by atoms with van der Waals surface area (Å²) in [6.45, 7) is 4.04. The predicted molar refractivity (Wildman–Crippen MR) is 116 cm³/mol. The fourth-order valence-corrected chi connectivity index (χ4v) is 5.30. The highest BCUT2D eigenvalue weighted by molar-refractivity contribution is 7.89. The molecule has 1 fully saturated rings. The highest BCUT2D eigenvalue weighted by Gasteiger charge is 2.34. The van der Waals surface area contributed by atoms with Crippen LogP contribution in [0.1, 0.15) is 25.3 Å². The number of ether oxygens (including phenoxy) is 1. The van der Waals surface area contributed by atoms with E-state index in [0.717, 1.165) is 5.56 Å². The van der Waals surface area contributed by atoms with Gasteiger partial charge in [-0.25, -0.2) is 8.42 Å². The third-order valence-electron chi connectivity index (χ3n) is 5.59. The molecule has 2 atom stereocenters. The van der Waals surface area contributed by atoms with E-state index in [1.165, 1.54) is 16.4 Å². The van der Waals surface area contributed by atoms with Gasteiger partial charge in [-0.3, -0.25) is 9.59 Å². The zero-order chi connectivity index (χ0) is 22.2. The van der Waals surface area contributed by atoms with Crippen molar-refractivity contribution in [3.63, 3.8) is 0 Å². The maximum Gasteiger partial charge on any atom is 0.265 e. The molecule has 9 heteroatoms. The van der Waals surface area contributed by atoms with Gasteiger partial charge in [0, 0.05) is 18.8 Å². The Morgan fingerprint density at radius 3 is 2.68 bits per heavy atom. The molecule has 2 aromatic rings. The topological polar surface area (TPSA) is 105 Å². The van der Waals surface area contributed by atoms with Crippen molar-refractivity contribution >= 4 is 33.2 Å². The van der Waals surface area contributed by atoms with Crippen LogP contribution in [0.2, 0.25) is 0 Å². The van der Waals surface area contributed by atoms with Gasteiger partial charge in [-0.2, -0.15) is 4.31 Å². The first kappa shape index (κ1) is 21.3. The second kappa shape index (κ2) is 8.32. The predicted octanol–water partition coefficient (Wildman–Crippen LogP) is 2.75. The summed E-state index contributed by atoms with van der Waals surface area (Å²) in [5.74, 6) is -0.525. The number of rotatable bonds is 4. The van der Waals surface area contributed by atoms with E-state index in [4.69, 9.17) is 4.74 Å². The Kier molecular flexibility index (Phi) is 5.72. The minimum atomic E-state index is -3.82. The number of nitrogens with zero attached hydrogens (tertiary/aromatic N) is 1. The quantitative estimate of drug-likeness (QED) is 0.756. The second-order valence-electron chi connectivity index (χ2n) is 7.96. The molecule has 2 N–H and O–H groups in total. The van der Waals surface area contributed by atoms with E-state index in [-0.39, 0.29) is 23.3 Å². The number of sulfonamides is 1. The smallest absolute Gasteiger partial charge is 0.265 e. The number of hydrogen-bond acceptors (Lipinski definition) is 5. The van der Waals surface area contributed by atoms with Gasteiger partial charge in [-0.1, -0.05) is 17.7 Å². The van der Waals surface area contributed by atoms with Gasteiger partial charge in [0.2, 0.25) is 15.9 Å². The minimum absolute atomic E-state index is 0.0595. The number of nitrogens with one attached hydrogen (secondary N) is 2. The highest BCUT2D eigenvalue weighted by Crippen LogP contribution is 2.33. The maximum atomic E-state index is 13.2. The van der Waals surface area contributed by atoms with Crippen LogP contribution in [-0.4, -0.2) is 43.7 Å². The van der Waals surface area contributed by atoms with Gasteiger partial charge in [0.05, 0.1) is 16.5 Å². The molecule has 0 aromatic heterocycles. The zero-order valence-corrected chi connectivity index (χ0v) is 18.2. The lowest BCUT2D eigenvalue weighted by molar-refractivity contribution is -0.123. The molecule has 2 aliphatic rings. The molecule has 0 radical (unpaired) electrons. The van der Waals surface area contributed by atoms with E-state index in [2.05, 4.69) is 10.6 Å². The van der Waals surface area contributed by atoms with Gasteiger partial charge < -0.3 is 15.4 Å². The largest absolute Gasteiger partial charge is 0.479 e. The number of hydrogen-bond donors (Lipinski definition) is 2. The lowest BCUT2D eigenvalue weighted by Gasteiger charge is -2.31. The zero-order valence-electron chi connectivity index (χ0n) is 17.4. The SMILES string of the molecule is Cc1ccc(NC(=O)[C@H]2CCCN(S(=O)(=O)c3ccc4c(c3)NC(=O)[C@H](C)O4)C2)cc1. The molecular formula is C22H25N3O5S. The summed E-state index contributed by atoms with van der Waals surface area (Å²) in [5.41, 5.74) is 2.11. The molecule has 0 spiro atoms. The Morgan fingerprint density at radius 1 is 1.19 bits per heavy atom. The van der Waals surface area contributed by atoms with Crippen molar-refractivity contribution in [2.24, 2.45) is 5.92 Å². The van der Waals surface area contributed by atoms with Crippen LogP contribution < -0.4 is 15.4 Å². The minimum Gasteiger partial charge on any atom is -0.479 e. The van der Waals surface area contributed by atoms with Crippen molar-refractivity contribution in [2.75, 3.05) is 23.7 Å². The van der Waals surface area contributed by atoms with Gasteiger partial charge in [0.15, 0.2) is 6.10 Å². The number of amides is 2. The van der Waals surface area contributed by atoms with Gasteiger partial charge in [0.1, 0.15) is 5.75 Å². The standard InChI is InChI=1S/C22H25N3O5S/c1-14-5-7-17(8-6-14)23-22(27)16-4-3-11-25(13-16)31(28,29)18-9-10-20-19(12-18)24-21(26)15(2)30-20/h5-10,12,15-16H,3-4,11,13H2,1-2H3,(H,23,27)(H,24,26)/t15-,16-/m0/s1. The summed E-state index contributed by atoms with van der Waals surface area (Å²) in [4.78, 5) is 24.6. The van der Waals surface area contributed by atoms with Crippen molar-refractivity contribution in [3.05, 3.63) is 48.0 Å². The molecule has 2 heterocycles. The molecule has 31 heavy (non-hydrogen) atoms. The monoisotopic (exact) mass is 443 g/mol. The van der Waals surface area contributed by atoms with E-state index in [0.29, 0.717) is 36.5 Å². The van der Waals surface area contributed by atoms with Crippen LogP contribution >= 0.6 is 0 Å². The summed E-state index contributed by atoms with van der Waals surface area (Å²) in [6, 6.07) is 11.9. The summed E-state index contributed by atoms with van der Waals surface area (Å²) < 4.78 is 33.3. The van der Waals surface area contributed by atoms with E-state index in [1.807, 2.05) is 31.2 Å². The molecule has 4 rings (SSSR count). The number of aryl methyl sites for hydroxylation is 1. The fourth-order valence-electron chi connectivity index (χ4n) is 3.75. The molecule has 0 unspecified atom stereocenters. The van der Waals surface area contributed by atoms with Gasteiger partial charge in [-0.05, 0) is 57.0 Å². The van der Waals surface area contributed by atoms with E-state index in [9.17, 15) is 18.0 Å². The van der Waals surface area contributed by atoms with E-state index in [1.54, 1.807) is 13.0 Å². The van der Waals surface area contributed by atoms with Crippen LogP contribution in [0, 0.1) is 12.8 Å². The Hall–Kier alpha value is -2.91. The summed E-state index contributed by atoms with van der Waals surface area (Å²) in [6.07, 6.45) is 0.577. The Bertz CT molecular complexity index is 1110. The summed E-state index contributed by atoms with van der Waals surface area (Å²) >= 11 is 0. The summed E-state index contributed by atoms with van der Waals surface area (Å²) in [5, 5.41) is 5.55. The molecule has 2 amide bonds. The van der Waals surface area contributed by atoms with Crippen molar-refractivity contribution in [1.82, 2.24) is 4.31 Å². The molecule has 8 nitrogen and oxygen atoms in total. The van der Waals surface area contributed by atoms with Gasteiger partial charge in [0.25, 0.3) is 5.91 Å². The van der Waals surface area contributed by atoms with E-state index >= 15 is 0 Å². The van der Waals surface area contributed by atoms with Crippen molar-refractivity contribution in [3.8, 4) is 5.75 Å². The van der Waals surface area contributed by atoms with Crippen LogP contribution in [0.3, 0.4) is 0 Å². The lowest BCUT2D eigenvalue weighted by Crippen LogP contribution is -2.43. The van der Waals surface area contributed by atoms with Gasteiger partial charge in [-0.15, -0.1) is 0 Å². The molecule has 0 aliphatic carbocycles. The first-order valence-corrected chi connectivity index (χ1v) is 11.7. The Balaban J connectivity index is 1.49. The third-order valence-corrected chi connectivity index (χ3v) is 7.45. The first-order valence-electron chi connectivity index (χ1n) is 10.2. The van der Waals surface area contributed by atoms with Crippen LogP contribution in [0.25, 0.3) is 0 Å². The number of fused-ring (bicyclic) bond motifs is 1. The first-order chi connectivity index (χ1) is 14.7. The molecule has 2 aromatic carbocycles. The van der Waals surface area contributed by atoms with Crippen LogP contribution in [0.15, 0.2) is 47.4 Å². The number of anilines is 2. The highest BCUT2D eigenvalue weighted by atomic mass is 32.2. The third kappa shape index (κ3) is 4.42. The van der Waals surface area contributed by atoms with Crippen molar-refractivity contribution in [2.45, 2.75) is 37.7 Å². The van der Waals surface area contributed by atoms with E-state index < -0.39 is 22.0 Å². The fraction of sp³-hybridized carbons (Fsp3) is 0.364.